The highest BCUT2D eigenvalue weighted by molar-refractivity contribution is 5.93. The molecule has 8 atom stereocenters. The second-order valence-electron chi connectivity index (χ2n) is 9.65. The highest BCUT2D eigenvalue weighted by atomic mass is 16.7. The number of carbonyl (C=O) groups excluding carboxylic acids is 1. The molecule has 5 bridgehead atoms. The molecule has 0 aliphatic carbocycles. The predicted molar refractivity (Wildman–Crippen MR) is 104 cm³/mol. The van der Waals surface area contributed by atoms with Gasteiger partial charge in [0.2, 0.25) is 11.5 Å². The summed E-state index contributed by atoms with van der Waals surface area (Å²) >= 11 is 0. The van der Waals surface area contributed by atoms with Gasteiger partial charge in [-0.3, -0.25) is 4.90 Å². The predicted octanol–water partition coefficient (Wildman–Crippen LogP) is 3.48. The highest BCUT2D eigenvalue weighted by Gasteiger charge is 2.84. The van der Waals surface area contributed by atoms with Crippen molar-refractivity contribution >= 4 is 5.97 Å². The Labute approximate surface area is 172 Å². The summed E-state index contributed by atoms with van der Waals surface area (Å²) in [5.41, 5.74) is 0.675. The van der Waals surface area contributed by atoms with Gasteiger partial charge < -0.3 is 18.9 Å². The molecule has 5 saturated heterocycles. The third-order valence-corrected chi connectivity index (χ3v) is 8.61. The molecule has 6 aliphatic rings. The van der Waals surface area contributed by atoms with E-state index in [1.807, 2.05) is 6.92 Å². The molecule has 6 rings (SSSR count). The number of ether oxygens (including phenoxy) is 4. The number of unbranched alkanes of at least 4 members (excludes halogenated alkanes) is 1. The molecule has 0 aromatic carbocycles. The molecule has 6 nitrogen and oxygen atoms in total. The van der Waals surface area contributed by atoms with E-state index in [0.717, 1.165) is 25.1 Å². The van der Waals surface area contributed by atoms with Crippen molar-refractivity contribution in [2.24, 2.45) is 17.8 Å². The molecule has 6 aliphatic heterocycles. The number of nitrogens with zero attached hydrogens (tertiary/aromatic N) is 1. The maximum Gasteiger partial charge on any atom is 0.343 e. The molecule has 6 heterocycles. The lowest BCUT2D eigenvalue weighted by Crippen LogP contribution is -2.61. The number of allylic oxidation sites excluding steroid dienone is 1. The zero-order chi connectivity index (χ0) is 20.1. The van der Waals surface area contributed by atoms with Crippen LogP contribution in [0.5, 0.6) is 0 Å². The third-order valence-electron chi connectivity index (χ3n) is 8.61. The maximum absolute atomic E-state index is 12.3. The topological polar surface area (TPSA) is 57.2 Å². The lowest BCUT2D eigenvalue weighted by Gasteiger charge is -2.48. The Morgan fingerprint density at radius 3 is 2.90 bits per heavy atom. The van der Waals surface area contributed by atoms with Crippen molar-refractivity contribution in [3.8, 4) is 0 Å². The number of hydrogen-bond donors (Lipinski definition) is 0. The molecule has 29 heavy (non-hydrogen) atoms. The number of carbonyl (C=O) groups is 1. The van der Waals surface area contributed by atoms with Gasteiger partial charge in [0.1, 0.15) is 5.76 Å². The van der Waals surface area contributed by atoms with E-state index in [9.17, 15) is 4.79 Å². The molecular formula is C23H31NO5. The third kappa shape index (κ3) is 1.89. The first-order chi connectivity index (χ1) is 14.0. The number of esters is 1. The van der Waals surface area contributed by atoms with Crippen LogP contribution in [0.15, 0.2) is 22.9 Å². The second-order valence-corrected chi connectivity index (χ2v) is 9.65. The van der Waals surface area contributed by atoms with Crippen LogP contribution >= 0.6 is 0 Å². The summed E-state index contributed by atoms with van der Waals surface area (Å²) in [7, 11) is 0. The fourth-order valence-electron chi connectivity index (χ4n) is 7.71. The van der Waals surface area contributed by atoms with Crippen LogP contribution in [0.2, 0.25) is 0 Å². The molecule has 0 amide bonds. The molecule has 0 saturated carbocycles. The highest BCUT2D eigenvalue weighted by Crippen LogP contribution is 2.73. The Kier molecular flexibility index (Phi) is 3.64. The molecule has 1 unspecified atom stereocenters. The minimum atomic E-state index is -0.559. The van der Waals surface area contributed by atoms with Gasteiger partial charge in [0, 0.05) is 17.9 Å². The Bertz CT molecular complexity index is 848. The summed E-state index contributed by atoms with van der Waals surface area (Å²) in [6, 6.07) is 0.496. The van der Waals surface area contributed by atoms with Crippen molar-refractivity contribution in [3.63, 3.8) is 0 Å². The standard InChI is InChI=1S/C23H31NO5/c1-5-7-9-22-15-8-10-24(22)14-11-16(22)28-23(15)17(14)12(3)19(29-23)20-18(26-6-2)13(4)21(25)27-20/h12,14-17H,5-11H2,1-4H3/b20-19-/t12-,14-,15+,16-,17+,22-,23+/m0/s1. The number of fused-ring (bicyclic) bond motifs is 1. The van der Waals surface area contributed by atoms with Crippen molar-refractivity contribution in [2.75, 3.05) is 13.2 Å². The summed E-state index contributed by atoms with van der Waals surface area (Å²) in [6.07, 6.45) is 6.16. The SMILES string of the molecule is CCCC[C@@]12[C@@H]3C[C@H]4[C@H]5[C@H](C)/C(=C6/OC(=O)C(C)=C6OCC)O[C@]5(O3)[C@@H]1CCN42. The average Bonchev–Trinajstić information content (AvgIpc) is 3.41. The van der Waals surface area contributed by atoms with Gasteiger partial charge in [-0.2, -0.15) is 0 Å². The molecule has 0 aromatic heterocycles. The molecule has 1 spiro atoms. The van der Waals surface area contributed by atoms with Crippen LogP contribution in [0.1, 0.15) is 59.8 Å². The Morgan fingerprint density at radius 2 is 2.14 bits per heavy atom. The summed E-state index contributed by atoms with van der Waals surface area (Å²) in [5.74, 6) is 1.71. The van der Waals surface area contributed by atoms with Crippen LogP contribution in [0.4, 0.5) is 0 Å². The maximum atomic E-state index is 12.3. The van der Waals surface area contributed by atoms with E-state index in [1.165, 1.54) is 19.3 Å². The smallest absolute Gasteiger partial charge is 0.343 e. The normalized spacial score (nSPS) is 51.1. The van der Waals surface area contributed by atoms with E-state index in [0.29, 0.717) is 35.7 Å². The Hall–Kier alpha value is -1.53. The van der Waals surface area contributed by atoms with Crippen molar-refractivity contribution in [3.05, 3.63) is 22.9 Å². The number of hydrogen-bond acceptors (Lipinski definition) is 6. The fourth-order valence-corrected chi connectivity index (χ4v) is 7.71. The lowest BCUT2D eigenvalue weighted by molar-refractivity contribution is -0.256. The van der Waals surface area contributed by atoms with Crippen molar-refractivity contribution < 1.29 is 23.7 Å². The molecule has 0 aromatic rings. The molecular weight excluding hydrogens is 370 g/mol. The van der Waals surface area contributed by atoms with Gasteiger partial charge in [-0.25, -0.2) is 4.79 Å². The average molecular weight is 402 g/mol. The molecule has 5 fully saturated rings. The largest absolute Gasteiger partial charge is 0.489 e. The summed E-state index contributed by atoms with van der Waals surface area (Å²) in [6.45, 7) is 9.81. The van der Waals surface area contributed by atoms with E-state index in [1.54, 1.807) is 6.92 Å². The Balaban J connectivity index is 1.45. The van der Waals surface area contributed by atoms with Gasteiger partial charge in [0.05, 0.1) is 29.7 Å². The number of piperidine rings is 1. The monoisotopic (exact) mass is 401 g/mol. The first-order valence-corrected chi connectivity index (χ1v) is 11.4. The van der Waals surface area contributed by atoms with E-state index >= 15 is 0 Å². The first kappa shape index (κ1) is 18.3. The van der Waals surface area contributed by atoms with Gasteiger partial charge in [-0.05, 0) is 39.7 Å². The molecule has 6 heteroatoms. The van der Waals surface area contributed by atoms with E-state index in [2.05, 4.69) is 18.7 Å². The van der Waals surface area contributed by atoms with Crippen molar-refractivity contribution in [1.29, 1.82) is 0 Å². The second kappa shape index (κ2) is 5.79. The van der Waals surface area contributed by atoms with Crippen LogP contribution < -0.4 is 0 Å². The number of cyclic esters (lactones) is 1. The van der Waals surface area contributed by atoms with E-state index < -0.39 is 5.79 Å². The van der Waals surface area contributed by atoms with Crippen LogP contribution in [-0.4, -0.2) is 47.5 Å². The van der Waals surface area contributed by atoms with E-state index in [-0.39, 0.29) is 29.4 Å². The van der Waals surface area contributed by atoms with Crippen molar-refractivity contribution in [1.82, 2.24) is 4.90 Å². The van der Waals surface area contributed by atoms with E-state index in [4.69, 9.17) is 18.9 Å². The minimum absolute atomic E-state index is 0.135. The van der Waals surface area contributed by atoms with Gasteiger partial charge in [-0.15, -0.1) is 0 Å². The molecule has 158 valence electrons. The summed E-state index contributed by atoms with van der Waals surface area (Å²) in [5, 5.41) is 0. The number of rotatable bonds is 5. The summed E-state index contributed by atoms with van der Waals surface area (Å²) in [4.78, 5) is 15.1. The minimum Gasteiger partial charge on any atom is -0.489 e. The molecule has 0 N–H and O–H groups in total. The zero-order valence-electron chi connectivity index (χ0n) is 17.8. The van der Waals surface area contributed by atoms with Crippen LogP contribution in [0.25, 0.3) is 0 Å². The zero-order valence-corrected chi connectivity index (χ0v) is 17.8. The van der Waals surface area contributed by atoms with Crippen LogP contribution in [0.3, 0.4) is 0 Å². The fraction of sp³-hybridized carbons (Fsp3) is 0.783. The van der Waals surface area contributed by atoms with Gasteiger partial charge >= 0.3 is 5.97 Å². The van der Waals surface area contributed by atoms with Gasteiger partial charge in [0.15, 0.2) is 5.76 Å². The lowest BCUT2D eigenvalue weighted by atomic mass is 9.69. The van der Waals surface area contributed by atoms with Crippen molar-refractivity contribution in [2.45, 2.75) is 83.3 Å². The first-order valence-electron chi connectivity index (χ1n) is 11.4. The summed E-state index contributed by atoms with van der Waals surface area (Å²) < 4.78 is 25.1. The van der Waals surface area contributed by atoms with Gasteiger partial charge in [0.25, 0.3) is 0 Å². The Morgan fingerprint density at radius 1 is 1.31 bits per heavy atom. The van der Waals surface area contributed by atoms with Crippen LogP contribution in [0, 0.1) is 17.8 Å². The quantitative estimate of drug-likeness (QED) is 0.658. The molecule has 0 radical (unpaired) electrons. The van der Waals surface area contributed by atoms with Crippen LogP contribution in [-0.2, 0) is 23.7 Å². The van der Waals surface area contributed by atoms with Gasteiger partial charge in [-0.1, -0.05) is 26.7 Å².